The average Bonchev–Trinajstić information content (AvgIpc) is 2.87. The van der Waals surface area contributed by atoms with E-state index in [1.165, 1.54) is 29.8 Å². The number of rotatable bonds is 7. The lowest BCUT2D eigenvalue weighted by molar-refractivity contribution is -0.383. The third-order valence-electron chi connectivity index (χ3n) is 3.82. The molecule has 2 aromatic rings. The molecule has 0 saturated carbocycles. The van der Waals surface area contributed by atoms with Crippen molar-refractivity contribution in [3.8, 4) is 0 Å². The zero-order chi connectivity index (χ0) is 21.0. The van der Waals surface area contributed by atoms with Gasteiger partial charge in [-0.2, -0.15) is 5.10 Å². The summed E-state index contributed by atoms with van der Waals surface area (Å²) >= 11 is 6.24. The highest BCUT2D eigenvalue weighted by molar-refractivity contribution is 6.32. The maximum absolute atomic E-state index is 12.5. The SMILES string of the molecule is Cc1nn(CC(C)C)c(Cl)c1C(=O)O[C@@H](C)C(=O)Nc1ccccc1[N+](=O)[O-]. The Morgan fingerprint density at radius 1 is 1.32 bits per heavy atom. The van der Waals surface area contributed by atoms with Gasteiger partial charge in [-0.1, -0.05) is 37.6 Å². The molecule has 0 aliphatic carbocycles. The van der Waals surface area contributed by atoms with Crippen molar-refractivity contribution in [1.29, 1.82) is 0 Å². The topological polar surface area (TPSA) is 116 Å². The first-order chi connectivity index (χ1) is 13.1. The third kappa shape index (κ3) is 4.86. The summed E-state index contributed by atoms with van der Waals surface area (Å²) in [7, 11) is 0. The van der Waals surface area contributed by atoms with Gasteiger partial charge in [-0.3, -0.25) is 19.6 Å². The first-order valence-electron chi connectivity index (χ1n) is 8.60. The zero-order valence-electron chi connectivity index (χ0n) is 15.9. The number of esters is 1. The molecule has 0 fully saturated rings. The number of anilines is 1. The van der Waals surface area contributed by atoms with Crippen LogP contribution in [0.15, 0.2) is 24.3 Å². The van der Waals surface area contributed by atoms with E-state index < -0.39 is 22.9 Å². The van der Waals surface area contributed by atoms with Crippen LogP contribution in [0, 0.1) is 23.0 Å². The van der Waals surface area contributed by atoms with E-state index in [0.29, 0.717) is 12.2 Å². The Bertz CT molecular complexity index is 909. The first-order valence-corrected chi connectivity index (χ1v) is 8.97. The number of halogens is 1. The monoisotopic (exact) mass is 408 g/mol. The second kappa shape index (κ2) is 8.83. The summed E-state index contributed by atoms with van der Waals surface area (Å²) < 4.78 is 6.70. The summed E-state index contributed by atoms with van der Waals surface area (Å²) in [6.07, 6.45) is -1.20. The van der Waals surface area contributed by atoms with Crippen molar-refractivity contribution < 1.29 is 19.2 Å². The van der Waals surface area contributed by atoms with Crippen LogP contribution < -0.4 is 5.32 Å². The number of nitrogens with zero attached hydrogens (tertiary/aromatic N) is 3. The van der Waals surface area contributed by atoms with Gasteiger partial charge in [0.25, 0.3) is 11.6 Å². The summed E-state index contributed by atoms with van der Waals surface area (Å²) in [5, 5.41) is 17.8. The van der Waals surface area contributed by atoms with Crippen LogP contribution in [0.3, 0.4) is 0 Å². The number of ether oxygens (including phenoxy) is 1. The van der Waals surface area contributed by atoms with Crippen molar-refractivity contribution in [2.24, 2.45) is 5.92 Å². The van der Waals surface area contributed by atoms with Gasteiger partial charge >= 0.3 is 5.97 Å². The number of benzene rings is 1. The molecule has 0 aliphatic rings. The minimum Gasteiger partial charge on any atom is -0.449 e. The first kappa shape index (κ1) is 21.4. The molecule has 0 bridgehead atoms. The quantitative estimate of drug-likeness (QED) is 0.425. The Labute approximate surface area is 166 Å². The van der Waals surface area contributed by atoms with E-state index in [-0.39, 0.29) is 28.0 Å². The number of carbonyl (C=O) groups is 2. The molecule has 0 radical (unpaired) electrons. The minimum atomic E-state index is -1.20. The molecule has 9 nitrogen and oxygen atoms in total. The van der Waals surface area contributed by atoms with Gasteiger partial charge in [0, 0.05) is 12.6 Å². The van der Waals surface area contributed by atoms with Gasteiger partial charge in [0.15, 0.2) is 6.10 Å². The molecule has 1 atom stereocenters. The van der Waals surface area contributed by atoms with Gasteiger partial charge in [0.05, 0.1) is 10.6 Å². The Balaban J connectivity index is 2.12. The van der Waals surface area contributed by atoms with E-state index in [2.05, 4.69) is 10.4 Å². The van der Waals surface area contributed by atoms with Gasteiger partial charge in [0.2, 0.25) is 0 Å². The second-order valence-electron chi connectivity index (χ2n) is 6.64. The van der Waals surface area contributed by atoms with Gasteiger partial charge in [-0.25, -0.2) is 4.79 Å². The van der Waals surface area contributed by atoms with Crippen molar-refractivity contribution >= 4 is 34.9 Å². The number of hydrogen-bond acceptors (Lipinski definition) is 6. The lowest BCUT2D eigenvalue weighted by atomic mass is 10.2. The number of para-hydroxylation sites is 2. The predicted octanol–water partition coefficient (Wildman–Crippen LogP) is 3.59. The Kier molecular flexibility index (Phi) is 6.74. The van der Waals surface area contributed by atoms with Gasteiger partial charge < -0.3 is 10.1 Å². The number of nitro benzene ring substituents is 1. The largest absolute Gasteiger partial charge is 0.449 e. The van der Waals surface area contributed by atoms with Crippen molar-refractivity contribution in [2.75, 3.05) is 5.32 Å². The Morgan fingerprint density at radius 2 is 1.96 bits per heavy atom. The van der Waals surface area contributed by atoms with Crippen molar-refractivity contribution in [3.63, 3.8) is 0 Å². The van der Waals surface area contributed by atoms with Crippen molar-refractivity contribution in [2.45, 2.75) is 40.3 Å². The minimum absolute atomic E-state index is 0.0133. The summed E-state index contributed by atoms with van der Waals surface area (Å²) in [4.78, 5) is 35.2. The fourth-order valence-corrected chi connectivity index (χ4v) is 2.82. The number of hydrogen-bond donors (Lipinski definition) is 1. The molecular weight excluding hydrogens is 388 g/mol. The number of carbonyl (C=O) groups excluding carboxylic acids is 2. The highest BCUT2D eigenvalue weighted by Gasteiger charge is 2.27. The second-order valence-corrected chi connectivity index (χ2v) is 7.00. The van der Waals surface area contributed by atoms with E-state index in [4.69, 9.17) is 16.3 Å². The van der Waals surface area contributed by atoms with E-state index in [1.807, 2.05) is 13.8 Å². The van der Waals surface area contributed by atoms with Gasteiger partial charge in [-0.15, -0.1) is 0 Å². The number of aromatic nitrogens is 2. The molecule has 1 heterocycles. The molecule has 150 valence electrons. The standard InChI is InChI=1S/C18H21ClN4O5/c1-10(2)9-22-16(19)15(11(3)21-22)18(25)28-12(4)17(24)20-13-7-5-6-8-14(13)23(26)27/h5-8,10,12H,9H2,1-4H3,(H,20,24)/t12-/m0/s1. The van der Waals surface area contributed by atoms with Crippen LogP contribution in [0.25, 0.3) is 0 Å². The molecule has 0 aliphatic heterocycles. The average molecular weight is 409 g/mol. The fraction of sp³-hybridized carbons (Fsp3) is 0.389. The van der Waals surface area contributed by atoms with E-state index in [9.17, 15) is 19.7 Å². The summed E-state index contributed by atoms with van der Waals surface area (Å²) in [6, 6.07) is 5.68. The maximum Gasteiger partial charge on any atom is 0.343 e. The molecule has 0 spiro atoms. The van der Waals surface area contributed by atoms with Gasteiger partial charge in [-0.05, 0) is 25.8 Å². The van der Waals surface area contributed by atoms with Gasteiger partial charge in [0.1, 0.15) is 16.4 Å². The highest BCUT2D eigenvalue weighted by Crippen LogP contribution is 2.25. The van der Waals surface area contributed by atoms with Crippen LogP contribution in [-0.4, -0.2) is 32.7 Å². The predicted molar refractivity (Wildman–Crippen MR) is 103 cm³/mol. The Morgan fingerprint density at radius 3 is 2.57 bits per heavy atom. The summed E-state index contributed by atoms with van der Waals surface area (Å²) in [6.45, 7) is 7.49. The van der Waals surface area contributed by atoms with E-state index in [1.54, 1.807) is 13.0 Å². The summed E-state index contributed by atoms with van der Waals surface area (Å²) in [5.41, 5.74) is 0.234. The van der Waals surface area contributed by atoms with Crippen LogP contribution in [0.1, 0.15) is 36.8 Å². The molecule has 10 heteroatoms. The Hall–Kier alpha value is -2.94. The molecule has 0 saturated heterocycles. The molecule has 1 aromatic carbocycles. The van der Waals surface area contributed by atoms with Crippen LogP contribution in [0.5, 0.6) is 0 Å². The smallest absolute Gasteiger partial charge is 0.343 e. The molecule has 1 N–H and O–H groups in total. The molecule has 1 aromatic heterocycles. The number of aryl methyl sites for hydroxylation is 1. The van der Waals surface area contributed by atoms with Crippen LogP contribution in [-0.2, 0) is 16.1 Å². The molecule has 0 unspecified atom stereocenters. The fourth-order valence-electron chi connectivity index (χ4n) is 2.50. The molecular formula is C18H21ClN4O5. The molecule has 2 rings (SSSR count). The van der Waals surface area contributed by atoms with Crippen LogP contribution in [0.4, 0.5) is 11.4 Å². The van der Waals surface area contributed by atoms with E-state index >= 15 is 0 Å². The normalized spacial score (nSPS) is 11.9. The zero-order valence-corrected chi connectivity index (χ0v) is 16.7. The third-order valence-corrected chi connectivity index (χ3v) is 4.20. The maximum atomic E-state index is 12.5. The van der Waals surface area contributed by atoms with Crippen molar-refractivity contribution in [1.82, 2.24) is 9.78 Å². The highest BCUT2D eigenvalue weighted by atomic mass is 35.5. The lowest BCUT2D eigenvalue weighted by Gasteiger charge is -2.13. The van der Waals surface area contributed by atoms with Crippen LogP contribution in [0.2, 0.25) is 5.15 Å². The number of nitrogens with one attached hydrogen (secondary N) is 1. The number of amides is 1. The van der Waals surface area contributed by atoms with Crippen molar-refractivity contribution in [3.05, 3.63) is 50.8 Å². The lowest BCUT2D eigenvalue weighted by Crippen LogP contribution is -2.30. The van der Waals surface area contributed by atoms with E-state index in [0.717, 1.165) is 0 Å². The summed E-state index contributed by atoms with van der Waals surface area (Å²) in [5.74, 6) is -1.22. The molecule has 1 amide bonds. The van der Waals surface area contributed by atoms with Crippen LogP contribution >= 0.6 is 11.6 Å². The number of nitro groups is 1. The molecule has 28 heavy (non-hydrogen) atoms.